The highest BCUT2D eigenvalue weighted by molar-refractivity contribution is 5.24. The Bertz CT molecular complexity index is 488. The summed E-state index contributed by atoms with van der Waals surface area (Å²) in [7, 11) is 0. The second-order valence-corrected chi connectivity index (χ2v) is 4.20. The van der Waals surface area contributed by atoms with Gasteiger partial charge < -0.3 is 9.73 Å². The summed E-state index contributed by atoms with van der Waals surface area (Å²) in [5, 5.41) is 3.16. The molecule has 0 aliphatic rings. The van der Waals surface area contributed by atoms with Crippen LogP contribution in [0.4, 0.5) is 13.2 Å². The lowest BCUT2D eigenvalue weighted by molar-refractivity contribution is -0.137. The molecule has 0 atom stereocenters. The summed E-state index contributed by atoms with van der Waals surface area (Å²) in [5.41, 5.74) is 0.208. The molecule has 0 fully saturated rings. The van der Waals surface area contributed by atoms with Gasteiger partial charge in [0.25, 0.3) is 0 Å². The second kappa shape index (κ2) is 5.93. The average Bonchev–Trinajstić information content (AvgIpc) is 2.87. The minimum Gasteiger partial charge on any atom is -0.469 e. The summed E-state index contributed by atoms with van der Waals surface area (Å²) in [6.07, 6.45) is -1.90. The normalized spacial score (nSPS) is 11.7. The van der Waals surface area contributed by atoms with Crippen molar-refractivity contribution >= 4 is 0 Å². The van der Waals surface area contributed by atoms with Crippen molar-refractivity contribution in [2.24, 2.45) is 0 Å². The summed E-state index contributed by atoms with van der Waals surface area (Å²) in [4.78, 5) is 0. The average molecular weight is 269 g/mol. The third-order valence-corrected chi connectivity index (χ3v) is 2.74. The smallest absolute Gasteiger partial charge is 0.416 e. The predicted molar refractivity (Wildman–Crippen MR) is 65.6 cm³/mol. The molecule has 0 saturated carbocycles. The Balaban J connectivity index is 1.77. The molecule has 2 rings (SSSR count). The number of alkyl halides is 3. The van der Waals surface area contributed by atoms with Crippen LogP contribution in [-0.2, 0) is 19.1 Å². The van der Waals surface area contributed by atoms with Gasteiger partial charge in [0.1, 0.15) is 5.76 Å². The number of rotatable bonds is 5. The molecule has 2 nitrogen and oxygen atoms in total. The number of benzene rings is 1. The van der Waals surface area contributed by atoms with Crippen LogP contribution < -0.4 is 5.32 Å². The fourth-order valence-corrected chi connectivity index (χ4v) is 1.71. The Kier molecular flexibility index (Phi) is 4.27. The summed E-state index contributed by atoms with van der Waals surface area (Å²) in [6.45, 7) is 1.26. The fraction of sp³-hybridized carbons (Fsp3) is 0.286. The fourth-order valence-electron chi connectivity index (χ4n) is 1.71. The first kappa shape index (κ1) is 13.7. The number of furan rings is 1. The minimum atomic E-state index is -4.27. The lowest BCUT2D eigenvalue weighted by atomic mass is 10.1. The van der Waals surface area contributed by atoms with Crippen molar-refractivity contribution in [3.8, 4) is 0 Å². The van der Waals surface area contributed by atoms with Crippen molar-refractivity contribution in [2.75, 3.05) is 6.54 Å². The van der Waals surface area contributed by atoms with Crippen molar-refractivity contribution in [3.63, 3.8) is 0 Å². The molecule has 1 heterocycles. The van der Waals surface area contributed by atoms with E-state index in [2.05, 4.69) is 5.32 Å². The first-order valence-electron chi connectivity index (χ1n) is 5.95. The van der Waals surface area contributed by atoms with Gasteiger partial charge in [-0.05, 0) is 29.8 Å². The monoisotopic (exact) mass is 269 g/mol. The van der Waals surface area contributed by atoms with E-state index in [9.17, 15) is 13.2 Å². The first-order valence-corrected chi connectivity index (χ1v) is 5.95. The molecule has 19 heavy (non-hydrogen) atoms. The molecule has 102 valence electrons. The van der Waals surface area contributed by atoms with Gasteiger partial charge in [0, 0.05) is 19.5 Å². The highest BCUT2D eigenvalue weighted by atomic mass is 19.4. The molecule has 0 aliphatic carbocycles. The zero-order chi connectivity index (χ0) is 13.7. The number of nitrogens with one attached hydrogen (secondary N) is 1. The van der Waals surface area contributed by atoms with E-state index in [1.165, 1.54) is 12.1 Å². The van der Waals surface area contributed by atoms with E-state index in [4.69, 9.17) is 4.42 Å². The molecule has 0 spiro atoms. The lowest BCUT2D eigenvalue weighted by Crippen LogP contribution is -2.16. The maximum atomic E-state index is 12.4. The predicted octanol–water partition coefficient (Wildman–Crippen LogP) is 3.63. The Morgan fingerprint density at radius 2 is 1.79 bits per heavy atom. The highest BCUT2D eigenvalue weighted by Gasteiger charge is 2.29. The van der Waals surface area contributed by atoms with Crippen molar-refractivity contribution in [1.82, 2.24) is 5.32 Å². The molecule has 5 heteroatoms. The summed E-state index contributed by atoms with van der Waals surface area (Å²) < 4.78 is 42.2. The maximum Gasteiger partial charge on any atom is 0.416 e. The van der Waals surface area contributed by atoms with Gasteiger partial charge in [0.2, 0.25) is 0 Å². The van der Waals surface area contributed by atoms with Crippen molar-refractivity contribution in [2.45, 2.75) is 19.1 Å². The Morgan fingerprint density at radius 3 is 2.37 bits per heavy atom. The SMILES string of the molecule is FC(F)(F)c1ccc(CNCCc2ccco2)cc1. The standard InChI is InChI=1S/C14H14F3NO/c15-14(16,17)12-5-3-11(4-6-12)10-18-8-7-13-2-1-9-19-13/h1-6,9,18H,7-8,10H2. The van der Waals surface area contributed by atoms with Crippen molar-refractivity contribution in [3.05, 3.63) is 59.5 Å². The van der Waals surface area contributed by atoms with E-state index in [1.807, 2.05) is 12.1 Å². The van der Waals surface area contributed by atoms with E-state index in [1.54, 1.807) is 6.26 Å². The van der Waals surface area contributed by atoms with Gasteiger partial charge in [0.05, 0.1) is 11.8 Å². The van der Waals surface area contributed by atoms with E-state index in [0.717, 1.165) is 29.9 Å². The van der Waals surface area contributed by atoms with Crippen molar-refractivity contribution < 1.29 is 17.6 Å². The van der Waals surface area contributed by atoms with Gasteiger partial charge in [-0.25, -0.2) is 0 Å². The van der Waals surface area contributed by atoms with Crippen LogP contribution in [0, 0.1) is 0 Å². The van der Waals surface area contributed by atoms with E-state index >= 15 is 0 Å². The van der Waals surface area contributed by atoms with E-state index < -0.39 is 11.7 Å². The summed E-state index contributed by atoms with van der Waals surface area (Å²) >= 11 is 0. The van der Waals surface area contributed by atoms with Crippen LogP contribution in [0.5, 0.6) is 0 Å². The third-order valence-electron chi connectivity index (χ3n) is 2.74. The van der Waals surface area contributed by atoms with Crippen LogP contribution >= 0.6 is 0 Å². The molecule has 0 bridgehead atoms. The number of halogens is 3. The van der Waals surface area contributed by atoms with Gasteiger partial charge in [-0.3, -0.25) is 0 Å². The molecule has 0 radical (unpaired) electrons. The molecule has 0 saturated heterocycles. The van der Waals surface area contributed by atoms with Gasteiger partial charge in [-0.15, -0.1) is 0 Å². The molecular formula is C14H14F3NO. The molecule has 1 aromatic carbocycles. The van der Waals surface area contributed by atoms with Crippen LogP contribution in [0.25, 0.3) is 0 Å². The molecule has 1 aromatic heterocycles. The highest BCUT2D eigenvalue weighted by Crippen LogP contribution is 2.28. The Hall–Kier alpha value is -1.75. The van der Waals surface area contributed by atoms with E-state index in [-0.39, 0.29) is 0 Å². The Labute approximate surface area is 109 Å². The lowest BCUT2D eigenvalue weighted by Gasteiger charge is -2.08. The molecule has 1 N–H and O–H groups in total. The Morgan fingerprint density at radius 1 is 1.05 bits per heavy atom. The summed E-state index contributed by atoms with van der Waals surface area (Å²) in [6, 6.07) is 8.89. The number of hydrogen-bond acceptors (Lipinski definition) is 2. The minimum absolute atomic E-state index is 0.541. The van der Waals surface area contributed by atoms with Crippen LogP contribution in [0.1, 0.15) is 16.9 Å². The first-order chi connectivity index (χ1) is 9.05. The number of hydrogen-bond donors (Lipinski definition) is 1. The van der Waals surface area contributed by atoms with Crippen LogP contribution in [0.3, 0.4) is 0 Å². The molecule has 0 amide bonds. The zero-order valence-electron chi connectivity index (χ0n) is 10.2. The molecular weight excluding hydrogens is 255 g/mol. The van der Waals surface area contributed by atoms with Gasteiger partial charge in [-0.2, -0.15) is 13.2 Å². The van der Waals surface area contributed by atoms with E-state index in [0.29, 0.717) is 13.1 Å². The van der Waals surface area contributed by atoms with Crippen LogP contribution in [-0.4, -0.2) is 6.54 Å². The zero-order valence-corrected chi connectivity index (χ0v) is 10.2. The third kappa shape index (κ3) is 4.13. The van der Waals surface area contributed by atoms with Crippen LogP contribution in [0.2, 0.25) is 0 Å². The van der Waals surface area contributed by atoms with Crippen LogP contribution in [0.15, 0.2) is 47.1 Å². The largest absolute Gasteiger partial charge is 0.469 e. The summed E-state index contributed by atoms with van der Waals surface area (Å²) in [5.74, 6) is 0.889. The van der Waals surface area contributed by atoms with Gasteiger partial charge in [0.15, 0.2) is 0 Å². The second-order valence-electron chi connectivity index (χ2n) is 4.20. The molecule has 0 aliphatic heterocycles. The van der Waals surface area contributed by atoms with Gasteiger partial charge in [-0.1, -0.05) is 12.1 Å². The molecule has 2 aromatic rings. The maximum absolute atomic E-state index is 12.4. The molecule has 0 unspecified atom stereocenters. The topological polar surface area (TPSA) is 25.2 Å². The van der Waals surface area contributed by atoms with Crippen molar-refractivity contribution in [1.29, 1.82) is 0 Å². The van der Waals surface area contributed by atoms with Gasteiger partial charge >= 0.3 is 6.18 Å². The quantitative estimate of drug-likeness (QED) is 0.838.